The van der Waals surface area contributed by atoms with Gasteiger partial charge in [-0.3, -0.25) is 4.98 Å². The molecule has 24 heavy (non-hydrogen) atoms. The van der Waals surface area contributed by atoms with Crippen LogP contribution in [-0.4, -0.2) is 9.97 Å². The Hall–Kier alpha value is -2.22. The van der Waals surface area contributed by atoms with Crippen LogP contribution in [0.5, 0.6) is 0 Å². The summed E-state index contributed by atoms with van der Waals surface area (Å²) in [4.78, 5) is 9.66. The van der Waals surface area contributed by atoms with Crippen LogP contribution >= 0.6 is 0 Å². The number of benzene rings is 1. The lowest BCUT2D eigenvalue weighted by molar-refractivity contribution is 0.183. The van der Waals surface area contributed by atoms with E-state index in [1.807, 2.05) is 12.3 Å². The standard InChI is InChI=1S/C22H22N2/c1-21(2)17-10-11-22(21,3)13-16(17)18-9-8-15-7-6-14-5-4-12-23-19(14)20(15)24-18/h4-9,12-13,17H,10-11H2,1-3H3/t17-,22+/m1/s1. The molecule has 2 aliphatic rings. The third-order valence-electron chi connectivity index (χ3n) is 6.87. The molecule has 2 aliphatic carbocycles. The molecule has 0 unspecified atom stereocenters. The molecule has 0 spiro atoms. The van der Waals surface area contributed by atoms with E-state index < -0.39 is 0 Å². The first kappa shape index (κ1) is 14.2. The number of rotatable bonds is 1. The Morgan fingerprint density at radius 2 is 1.71 bits per heavy atom. The van der Waals surface area contributed by atoms with E-state index in [4.69, 9.17) is 4.98 Å². The summed E-state index contributed by atoms with van der Waals surface area (Å²) in [7, 11) is 0. The molecule has 2 atom stereocenters. The molecule has 0 amide bonds. The second-order valence-corrected chi connectivity index (χ2v) is 8.24. The van der Waals surface area contributed by atoms with Gasteiger partial charge in [0.15, 0.2) is 0 Å². The largest absolute Gasteiger partial charge is 0.254 e. The maximum atomic E-state index is 5.07. The average Bonchev–Trinajstić information content (AvgIpc) is 2.94. The molecule has 0 N–H and O–H groups in total. The van der Waals surface area contributed by atoms with Gasteiger partial charge in [-0.25, -0.2) is 4.98 Å². The summed E-state index contributed by atoms with van der Waals surface area (Å²) in [6, 6.07) is 12.8. The van der Waals surface area contributed by atoms with Crippen molar-refractivity contribution in [2.45, 2.75) is 33.6 Å². The van der Waals surface area contributed by atoms with Crippen molar-refractivity contribution in [3.63, 3.8) is 0 Å². The van der Waals surface area contributed by atoms with Crippen molar-refractivity contribution in [1.82, 2.24) is 9.97 Å². The number of aromatic nitrogens is 2. The van der Waals surface area contributed by atoms with Crippen LogP contribution in [-0.2, 0) is 0 Å². The third-order valence-corrected chi connectivity index (χ3v) is 6.87. The fourth-order valence-corrected chi connectivity index (χ4v) is 4.91. The summed E-state index contributed by atoms with van der Waals surface area (Å²) >= 11 is 0. The van der Waals surface area contributed by atoms with Crippen LogP contribution in [0, 0.1) is 16.7 Å². The summed E-state index contributed by atoms with van der Waals surface area (Å²) in [5, 5.41) is 2.32. The Labute approximate surface area is 142 Å². The van der Waals surface area contributed by atoms with Gasteiger partial charge in [0.2, 0.25) is 0 Å². The van der Waals surface area contributed by atoms with Crippen molar-refractivity contribution in [2.24, 2.45) is 16.7 Å². The third kappa shape index (κ3) is 1.66. The van der Waals surface area contributed by atoms with E-state index in [-0.39, 0.29) is 0 Å². The predicted molar refractivity (Wildman–Crippen MR) is 99.6 cm³/mol. The summed E-state index contributed by atoms with van der Waals surface area (Å²) < 4.78 is 0. The Morgan fingerprint density at radius 3 is 2.42 bits per heavy atom. The van der Waals surface area contributed by atoms with Crippen LogP contribution in [0.1, 0.15) is 39.3 Å². The predicted octanol–water partition coefficient (Wildman–Crippen LogP) is 5.62. The monoisotopic (exact) mass is 314 g/mol. The molecule has 2 bridgehead atoms. The molecule has 3 aromatic rings. The van der Waals surface area contributed by atoms with Crippen molar-refractivity contribution in [3.8, 4) is 0 Å². The smallest absolute Gasteiger partial charge is 0.0971 e. The number of hydrogen-bond donors (Lipinski definition) is 0. The second kappa shape index (κ2) is 4.44. The maximum Gasteiger partial charge on any atom is 0.0971 e. The molecule has 2 heteroatoms. The van der Waals surface area contributed by atoms with Gasteiger partial charge >= 0.3 is 0 Å². The van der Waals surface area contributed by atoms with E-state index in [1.54, 1.807) is 0 Å². The zero-order valence-corrected chi connectivity index (χ0v) is 14.5. The fourth-order valence-electron chi connectivity index (χ4n) is 4.91. The van der Waals surface area contributed by atoms with Gasteiger partial charge in [0.25, 0.3) is 0 Å². The van der Waals surface area contributed by atoms with Crippen LogP contribution in [0.3, 0.4) is 0 Å². The zero-order chi connectivity index (χ0) is 16.5. The SMILES string of the molecule is CC1(C)[C@@H]2CC[C@@]1(C)C=C2c1ccc2ccc3cccnc3c2n1. The number of allylic oxidation sites excluding steroid dienone is 2. The van der Waals surface area contributed by atoms with E-state index in [0.717, 1.165) is 22.1 Å². The molecule has 5 rings (SSSR count). The lowest BCUT2D eigenvalue weighted by atomic mass is 9.70. The zero-order valence-electron chi connectivity index (χ0n) is 14.5. The molecule has 1 aromatic carbocycles. The van der Waals surface area contributed by atoms with Crippen molar-refractivity contribution >= 4 is 27.4 Å². The number of hydrogen-bond acceptors (Lipinski definition) is 2. The minimum atomic E-state index is 0.306. The van der Waals surface area contributed by atoms with Crippen molar-refractivity contribution in [3.05, 3.63) is 54.4 Å². The second-order valence-electron chi connectivity index (χ2n) is 8.24. The normalized spacial score (nSPS) is 27.8. The Balaban J connectivity index is 1.73. The van der Waals surface area contributed by atoms with Crippen LogP contribution in [0.25, 0.3) is 27.4 Å². The lowest BCUT2D eigenvalue weighted by Crippen LogP contribution is -2.27. The van der Waals surface area contributed by atoms with Gasteiger partial charge in [0, 0.05) is 17.0 Å². The highest BCUT2D eigenvalue weighted by molar-refractivity contribution is 6.03. The fraction of sp³-hybridized carbons (Fsp3) is 0.364. The van der Waals surface area contributed by atoms with Gasteiger partial charge in [0.1, 0.15) is 0 Å². The van der Waals surface area contributed by atoms with Crippen molar-refractivity contribution < 1.29 is 0 Å². The minimum Gasteiger partial charge on any atom is -0.254 e. The highest BCUT2D eigenvalue weighted by Gasteiger charge is 2.56. The van der Waals surface area contributed by atoms with Gasteiger partial charge in [-0.05, 0) is 47.3 Å². The molecule has 2 heterocycles. The Bertz CT molecular complexity index is 1010. The summed E-state index contributed by atoms with van der Waals surface area (Å²) in [5.41, 5.74) is 5.26. The van der Waals surface area contributed by atoms with Crippen molar-refractivity contribution in [1.29, 1.82) is 0 Å². The van der Waals surface area contributed by atoms with Gasteiger partial charge in [0.05, 0.1) is 16.7 Å². The topological polar surface area (TPSA) is 25.8 Å². The first-order valence-corrected chi connectivity index (χ1v) is 8.87. The number of nitrogens with zero attached hydrogens (tertiary/aromatic N) is 2. The molecule has 2 nitrogen and oxygen atoms in total. The molecular weight excluding hydrogens is 292 g/mol. The molecular formula is C22H22N2. The van der Waals surface area contributed by atoms with Gasteiger partial charge in [-0.2, -0.15) is 0 Å². The first-order valence-electron chi connectivity index (χ1n) is 8.87. The van der Waals surface area contributed by atoms with Crippen molar-refractivity contribution in [2.75, 3.05) is 0 Å². The van der Waals surface area contributed by atoms with Crippen LogP contribution in [0.15, 0.2) is 48.7 Å². The van der Waals surface area contributed by atoms with Gasteiger partial charge in [-0.1, -0.05) is 51.1 Å². The van der Waals surface area contributed by atoms with Crippen LogP contribution < -0.4 is 0 Å². The summed E-state index contributed by atoms with van der Waals surface area (Å²) in [6.45, 7) is 7.26. The molecule has 1 fully saturated rings. The summed E-state index contributed by atoms with van der Waals surface area (Å²) in [6.07, 6.45) is 6.94. The molecule has 120 valence electrons. The van der Waals surface area contributed by atoms with Gasteiger partial charge in [-0.15, -0.1) is 0 Å². The van der Waals surface area contributed by atoms with E-state index in [9.17, 15) is 0 Å². The lowest BCUT2D eigenvalue weighted by Gasteiger charge is -2.33. The molecule has 0 saturated heterocycles. The van der Waals surface area contributed by atoms with E-state index >= 15 is 0 Å². The minimum absolute atomic E-state index is 0.306. The van der Waals surface area contributed by atoms with E-state index in [1.165, 1.54) is 23.8 Å². The van der Waals surface area contributed by atoms with E-state index in [0.29, 0.717) is 16.7 Å². The summed E-state index contributed by atoms with van der Waals surface area (Å²) in [5.74, 6) is 0.621. The van der Waals surface area contributed by atoms with Gasteiger partial charge < -0.3 is 0 Å². The number of fused-ring (bicyclic) bond motifs is 5. The number of pyridine rings is 2. The van der Waals surface area contributed by atoms with Crippen LogP contribution in [0.2, 0.25) is 0 Å². The highest BCUT2D eigenvalue weighted by atomic mass is 14.8. The van der Waals surface area contributed by atoms with Crippen LogP contribution in [0.4, 0.5) is 0 Å². The Morgan fingerprint density at radius 1 is 0.958 bits per heavy atom. The Kier molecular flexibility index (Phi) is 2.62. The highest BCUT2D eigenvalue weighted by Crippen LogP contribution is 2.66. The van der Waals surface area contributed by atoms with E-state index in [2.05, 4.69) is 62.2 Å². The first-order chi connectivity index (χ1) is 11.5. The quantitative estimate of drug-likeness (QED) is 0.545. The average molecular weight is 314 g/mol. The molecule has 2 aromatic heterocycles. The maximum absolute atomic E-state index is 5.07. The molecule has 1 saturated carbocycles. The molecule has 0 radical (unpaired) electrons. The molecule has 0 aliphatic heterocycles.